The van der Waals surface area contributed by atoms with Crippen LogP contribution in [-0.4, -0.2) is 35.6 Å². The van der Waals surface area contributed by atoms with Crippen LogP contribution in [0.5, 0.6) is 0 Å². The van der Waals surface area contributed by atoms with Crippen molar-refractivity contribution >= 4 is 0 Å². The minimum atomic E-state index is 0.265. The number of hydrogen-bond donors (Lipinski definition) is 1. The highest BCUT2D eigenvalue weighted by molar-refractivity contribution is 5.16. The van der Waals surface area contributed by atoms with E-state index in [1.54, 1.807) is 0 Å². The second-order valence-corrected chi connectivity index (χ2v) is 6.33. The van der Waals surface area contributed by atoms with Gasteiger partial charge in [-0.25, -0.2) is 0 Å². The minimum Gasteiger partial charge on any atom is -0.311 e. The molecule has 1 N–H and O–H groups in total. The Morgan fingerprint density at radius 2 is 1.94 bits per heavy atom. The molecule has 1 atom stereocenters. The minimum absolute atomic E-state index is 0.265. The molecule has 0 spiro atoms. The molecule has 1 fully saturated rings. The highest BCUT2D eigenvalue weighted by Gasteiger charge is 2.35. The van der Waals surface area contributed by atoms with Gasteiger partial charge in [-0.2, -0.15) is 0 Å². The molecule has 0 bridgehead atoms. The van der Waals surface area contributed by atoms with E-state index in [0.717, 1.165) is 19.5 Å². The van der Waals surface area contributed by atoms with Gasteiger partial charge in [0.05, 0.1) is 0 Å². The van der Waals surface area contributed by atoms with Crippen LogP contribution in [0.4, 0.5) is 0 Å². The number of benzene rings is 1. The summed E-state index contributed by atoms with van der Waals surface area (Å²) in [6.45, 7) is 11.5. The zero-order valence-corrected chi connectivity index (χ0v) is 12.1. The summed E-state index contributed by atoms with van der Waals surface area (Å²) in [5.41, 5.74) is 1.69. The van der Waals surface area contributed by atoms with E-state index in [2.05, 4.69) is 68.2 Å². The molecule has 1 heterocycles. The van der Waals surface area contributed by atoms with E-state index < -0.39 is 0 Å². The maximum absolute atomic E-state index is 3.70. The predicted octanol–water partition coefficient (Wildman–Crippen LogP) is 2.69. The molecule has 0 aromatic heterocycles. The first-order valence-corrected chi connectivity index (χ1v) is 7.03. The second kappa shape index (κ2) is 5.41. The monoisotopic (exact) mass is 246 g/mol. The van der Waals surface area contributed by atoms with E-state index >= 15 is 0 Å². The Hall–Kier alpha value is -0.860. The van der Waals surface area contributed by atoms with Gasteiger partial charge in [-0.05, 0) is 39.7 Å². The summed E-state index contributed by atoms with van der Waals surface area (Å²) in [6.07, 6.45) is 1.13. The van der Waals surface area contributed by atoms with Gasteiger partial charge in [0.2, 0.25) is 0 Å². The smallest absolute Gasteiger partial charge is 0.0281 e. The molecular formula is C16H26N2. The molecule has 0 amide bonds. The molecule has 1 saturated heterocycles. The number of nitrogens with zero attached hydrogens (tertiary/aromatic N) is 1. The lowest BCUT2D eigenvalue weighted by molar-refractivity contribution is 0.0379. The number of hydrogen-bond acceptors (Lipinski definition) is 2. The molecule has 2 nitrogen and oxygen atoms in total. The van der Waals surface area contributed by atoms with Gasteiger partial charge in [0.15, 0.2) is 0 Å². The van der Waals surface area contributed by atoms with Crippen LogP contribution in [0.3, 0.4) is 0 Å². The second-order valence-electron chi connectivity index (χ2n) is 6.33. The maximum atomic E-state index is 3.70. The van der Waals surface area contributed by atoms with Crippen molar-refractivity contribution in [2.24, 2.45) is 0 Å². The van der Waals surface area contributed by atoms with Crippen LogP contribution >= 0.6 is 0 Å². The quantitative estimate of drug-likeness (QED) is 0.882. The molecule has 1 aromatic rings. The summed E-state index contributed by atoms with van der Waals surface area (Å²) in [4.78, 5) is 2.62. The topological polar surface area (TPSA) is 15.3 Å². The van der Waals surface area contributed by atoms with Crippen LogP contribution in [0, 0.1) is 0 Å². The zero-order chi connectivity index (χ0) is 13.2. The average Bonchev–Trinajstić information content (AvgIpc) is 2.32. The Morgan fingerprint density at radius 1 is 1.28 bits per heavy atom. The Kier molecular flexibility index (Phi) is 4.08. The normalized spacial score (nSPS) is 24.4. The van der Waals surface area contributed by atoms with E-state index in [-0.39, 0.29) is 5.54 Å². The summed E-state index contributed by atoms with van der Waals surface area (Å²) in [5, 5.41) is 3.70. The van der Waals surface area contributed by atoms with Crippen LogP contribution in [-0.2, 0) is 6.42 Å². The summed E-state index contributed by atoms with van der Waals surface area (Å²) in [5.74, 6) is 0. The molecular weight excluding hydrogens is 220 g/mol. The van der Waals surface area contributed by atoms with E-state index in [1.807, 2.05) is 0 Å². The van der Waals surface area contributed by atoms with Gasteiger partial charge >= 0.3 is 0 Å². The standard InChI is InChI=1S/C16H26N2/c1-13(2)18-11-15(17-12-16(18,3)4)10-14-8-6-5-7-9-14/h5-9,13,15,17H,10-12H2,1-4H3. The van der Waals surface area contributed by atoms with E-state index in [9.17, 15) is 0 Å². The largest absolute Gasteiger partial charge is 0.311 e. The third kappa shape index (κ3) is 3.12. The lowest BCUT2D eigenvalue weighted by Crippen LogP contribution is -2.64. The van der Waals surface area contributed by atoms with Crippen molar-refractivity contribution in [2.75, 3.05) is 13.1 Å². The van der Waals surface area contributed by atoms with Crippen LogP contribution in [0.25, 0.3) is 0 Å². The van der Waals surface area contributed by atoms with Crippen LogP contribution in [0.1, 0.15) is 33.3 Å². The van der Waals surface area contributed by atoms with Gasteiger partial charge < -0.3 is 5.32 Å². The molecule has 100 valence electrons. The molecule has 1 aliphatic heterocycles. The Bertz CT molecular complexity index is 370. The Labute approximate surface area is 111 Å². The third-order valence-corrected chi connectivity index (χ3v) is 3.97. The van der Waals surface area contributed by atoms with Crippen molar-refractivity contribution in [3.63, 3.8) is 0 Å². The fraction of sp³-hybridized carbons (Fsp3) is 0.625. The van der Waals surface area contributed by atoms with Gasteiger partial charge in [-0.3, -0.25) is 4.90 Å². The predicted molar refractivity (Wildman–Crippen MR) is 77.9 cm³/mol. The van der Waals surface area contributed by atoms with E-state index in [0.29, 0.717) is 12.1 Å². The van der Waals surface area contributed by atoms with Crippen molar-refractivity contribution in [1.29, 1.82) is 0 Å². The first-order chi connectivity index (χ1) is 8.49. The molecule has 18 heavy (non-hydrogen) atoms. The van der Waals surface area contributed by atoms with E-state index in [1.165, 1.54) is 5.56 Å². The molecule has 1 aliphatic rings. The van der Waals surface area contributed by atoms with Crippen molar-refractivity contribution < 1.29 is 0 Å². The van der Waals surface area contributed by atoms with Gasteiger partial charge in [-0.15, -0.1) is 0 Å². The molecule has 2 heteroatoms. The van der Waals surface area contributed by atoms with Gasteiger partial charge in [0.25, 0.3) is 0 Å². The number of rotatable bonds is 3. The molecule has 1 aromatic carbocycles. The van der Waals surface area contributed by atoms with Crippen molar-refractivity contribution in [1.82, 2.24) is 10.2 Å². The van der Waals surface area contributed by atoms with Crippen LogP contribution < -0.4 is 5.32 Å². The van der Waals surface area contributed by atoms with Crippen molar-refractivity contribution in [3.05, 3.63) is 35.9 Å². The first kappa shape index (κ1) is 13.6. The summed E-state index contributed by atoms with van der Waals surface area (Å²) in [6, 6.07) is 12.0. The molecule has 1 unspecified atom stereocenters. The highest BCUT2D eigenvalue weighted by atomic mass is 15.3. The Balaban J connectivity index is 2.01. The maximum Gasteiger partial charge on any atom is 0.0281 e. The highest BCUT2D eigenvalue weighted by Crippen LogP contribution is 2.22. The van der Waals surface area contributed by atoms with Crippen molar-refractivity contribution in [3.8, 4) is 0 Å². The molecule has 0 radical (unpaired) electrons. The summed E-state index contributed by atoms with van der Waals surface area (Å²) >= 11 is 0. The number of nitrogens with one attached hydrogen (secondary N) is 1. The average molecular weight is 246 g/mol. The van der Waals surface area contributed by atoms with E-state index in [4.69, 9.17) is 0 Å². The van der Waals surface area contributed by atoms with Gasteiger partial charge in [-0.1, -0.05) is 30.3 Å². The van der Waals surface area contributed by atoms with Crippen LogP contribution in [0.2, 0.25) is 0 Å². The number of piperazine rings is 1. The first-order valence-electron chi connectivity index (χ1n) is 7.03. The fourth-order valence-corrected chi connectivity index (χ4v) is 2.99. The molecule has 2 rings (SSSR count). The van der Waals surface area contributed by atoms with Crippen LogP contribution in [0.15, 0.2) is 30.3 Å². The summed E-state index contributed by atoms with van der Waals surface area (Å²) < 4.78 is 0. The van der Waals surface area contributed by atoms with Gasteiger partial charge in [0, 0.05) is 30.7 Å². The van der Waals surface area contributed by atoms with Crippen molar-refractivity contribution in [2.45, 2.75) is 51.7 Å². The Morgan fingerprint density at radius 3 is 2.56 bits per heavy atom. The summed E-state index contributed by atoms with van der Waals surface area (Å²) in [7, 11) is 0. The fourth-order valence-electron chi connectivity index (χ4n) is 2.99. The lowest BCUT2D eigenvalue weighted by Gasteiger charge is -2.48. The van der Waals surface area contributed by atoms with Gasteiger partial charge in [0.1, 0.15) is 0 Å². The molecule has 0 saturated carbocycles. The third-order valence-electron chi connectivity index (χ3n) is 3.97. The zero-order valence-electron chi connectivity index (χ0n) is 12.1. The lowest BCUT2D eigenvalue weighted by atomic mass is 9.93. The molecule has 0 aliphatic carbocycles. The SMILES string of the molecule is CC(C)N1CC(Cc2ccccc2)NCC1(C)C.